The molecule has 0 spiro atoms. The Balaban J connectivity index is 2.43. The molecule has 1 aromatic heterocycles. The number of carboxylic acid groups (broad SMARTS) is 1. The molecule has 94 valence electrons. The quantitative estimate of drug-likeness (QED) is 0.698. The van der Waals surface area contributed by atoms with Crippen molar-refractivity contribution in [1.29, 1.82) is 0 Å². The summed E-state index contributed by atoms with van der Waals surface area (Å²) in [6.45, 7) is 1.26. The Hall–Kier alpha value is -2.14. The van der Waals surface area contributed by atoms with Crippen LogP contribution in [0.3, 0.4) is 0 Å². The standard InChI is InChI=1S/C13H15N3O2/c14-6-3-7-15-12-10-5-2-1-4-9(10)8-11(16-12)13(17)18/h1-2,4-5,8H,3,6-7,14H2,(H,15,16)(H,17,18). The molecule has 18 heavy (non-hydrogen) atoms. The molecule has 1 aromatic carbocycles. The molecule has 4 N–H and O–H groups in total. The summed E-state index contributed by atoms with van der Waals surface area (Å²) in [6, 6.07) is 9.14. The predicted molar refractivity (Wildman–Crippen MR) is 70.9 cm³/mol. The molecule has 0 amide bonds. The number of carbonyl (C=O) groups is 1. The second kappa shape index (κ2) is 5.46. The van der Waals surface area contributed by atoms with Crippen molar-refractivity contribution in [2.24, 2.45) is 5.73 Å². The highest BCUT2D eigenvalue weighted by Gasteiger charge is 2.10. The third kappa shape index (κ3) is 2.57. The average Bonchev–Trinajstić information content (AvgIpc) is 2.38. The first-order chi connectivity index (χ1) is 8.72. The fraction of sp³-hybridized carbons (Fsp3) is 0.231. The molecule has 1 heterocycles. The van der Waals surface area contributed by atoms with Gasteiger partial charge in [-0.15, -0.1) is 0 Å². The van der Waals surface area contributed by atoms with Crippen molar-refractivity contribution in [3.63, 3.8) is 0 Å². The number of pyridine rings is 1. The molecule has 0 aliphatic heterocycles. The van der Waals surface area contributed by atoms with Gasteiger partial charge in [-0.3, -0.25) is 0 Å². The topological polar surface area (TPSA) is 88.2 Å². The highest BCUT2D eigenvalue weighted by atomic mass is 16.4. The highest BCUT2D eigenvalue weighted by Crippen LogP contribution is 2.22. The zero-order valence-corrected chi connectivity index (χ0v) is 9.89. The van der Waals surface area contributed by atoms with Crippen LogP contribution in [0.5, 0.6) is 0 Å². The maximum Gasteiger partial charge on any atom is 0.354 e. The van der Waals surface area contributed by atoms with E-state index in [0.717, 1.165) is 17.2 Å². The Bertz CT molecular complexity index is 569. The van der Waals surface area contributed by atoms with Gasteiger partial charge in [0.2, 0.25) is 0 Å². The second-order valence-corrected chi connectivity index (χ2v) is 3.95. The lowest BCUT2D eigenvalue weighted by Crippen LogP contribution is -2.11. The molecule has 0 bridgehead atoms. The largest absolute Gasteiger partial charge is 0.477 e. The molecule has 0 saturated carbocycles. The summed E-state index contributed by atoms with van der Waals surface area (Å²) in [5.41, 5.74) is 5.47. The average molecular weight is 245 g/mol. The van der Waals surface area contributed by atoms with Gasteiger partial charge in [0.05, 0.1) is 0 Å². The zero-order valence-electron chi connectivity index (χ0n) is 9.89. The van der Waals surface area contributed by atoms with Gasteiger partial charge in [-0.1, -0.05) is 24.3 Å². The number of benzene rings is 1. The van der Waals surface area contributed by atoms with Gasteiger partial charge >= 0.3 is 5.97 Å². The second-order valence-electron chi connectivity index (χ2n) is 3.95. The number of aromatic carboxylic acids is 1. The highest BCUT2D eigenvalue weighted by molar-refractivity contribution is 5.97. The molecule has 0 aliphatic rings. The maximum atomic E-state index is 11.0. The van der Waals surface area contributed by atoms with Gasteiger partial charge in [0, 0.05) is 11.9 Å². The number of anilines is 1. The SMILES string of the molecule is NCCCNc1nc(C(=O)O)cc2ccccc12. The summed E-state index contributed by atoms with van der Waals surface area (Å²) in [5.74, 6) is -0.429. The van der Waals surface area contributed by atoms with Crippen LogP contribution in [0.2, 0.25) is 0 Å². The van der Waals surface area contributed by atoms with Gasteiger partial charge in [0.15, 0.2) is 5.69 Å². The van der Waals surface area contributed by atoms with Crippen molar-refractivity contribution in [3.8, 4) is 0 Å². The lowest BCUT2D eigenvalue weighted by Gasteiger charge is -2.09. The minimum atomic E-state index is -1.03. The molecule has 0 atom stereocenters. The number of rotatable bonds is 5. The fourth-order valence-electron chi connectivity index (χ4n) is 1.75. The Morgan fingerprint density at radius 3 is 2.89 bits per heavy atom. The van der Waals surface area contributed by atoms with Crippen LogP contribution in [-0.2, 0) is 0 Å². The smallest absolute Gasteiger partial charge is 0.354 e. The summed E-state index contributed by atoms with van der Waals surface area (Å²) in [4.78, 5) is 15.1. The number of nitrogens with two attached hydrogens (primary N) is 1. The van der Waals surface area contributed by atoms with Crippen LogP contribution in [0.4, 0.5) is 5.82 Å². The summed E-state index contributed by atoms with van der Waals surface area (Å²) < 4.78 is 0. The first-order valence-corrected chi connectivity index (χ1v) is 5.79. The first kappa shape index (κ1) is 12.3. The fourth-order valence-corrected chi connectivity index (χ4v) is 1.75. The van der Waals surface area contributed by atoms with Crippen LogP contribution in [0.15, 0.2) is 30.3 Å². The van der Waals surface area contributed by atoms with Crippen LogP contribution >= 0.6 is 0 Å². The van der Waals surface area contributed by atoms with E-state index in [1.165, 1.54) is 0 Å². The van der Waals surface area contributed by atoms with Crippen LogP contribution in [-0.4, -0.2) is 29.1 Å². The van der Waals surface area contributed by atoms with Crippen LogP contribution < -0.4 is 11.1 Å². The van der Waals surface area contributed by atoms with Crippen LogP contribution in [0.1, 0.15) is 16.9 Å². The molecular formula is C13H15N3O2. The van der Waals surface area contributed by atoms with E-state index in [2.05, 4.69) is 10.3 Å². The molecule has 5 heteroatoms. The van der Waals surface area contributed by atoms with Gasteiger partial charge in [0.25, 0.3) is 0 Å². The van der Waals surface area contributed by atoms with E-state index in [0.29, 0.717) is 18.9 Å². The van der Waals surface area contributed by atoms with Gasteiger partial charge in [-0.05, 0) is 24.4 Å². The summed E-state index contributed by atoms with van der Waals surface area (Å²) in [5, 5.41) is 13.9. The van der Waals surface area contributed by atoms with Crippen molar-refractivity contribution >= 4 is 22.6 Å². The lowest BCUT2D eigenvalue weighted by atomic mass is 10.1. The number of aromatic nitrogens is 1. The van der Waals surface area contributed by atoms with Crippen molar-refractivity contribution in [1.82, 2.24) is 4.98 Å². The summed E-state index contributed by atoms with van der Waals surface area (Å²) >= 11 is 0. The van der Waals surface area contributed by atoms with E-state index < -0.39 is 5.97 Å². The number of fused-ring (bicyclic) bond motifs is 1. The molecule has 0 aliphatic carbocycles. The molecule has 0 fully saturated rings. The van der Waals surface area contributed by atoms with E-state index >= 15 is 0 Å². The van der Waals surface area contributed by atoms with Crippen LogP contribution in [0.25, 0.3) is 10.8 Å². The molecule has 0 radical (unpaired) electrons. The molecule has 5 nitrogen and oxygen atoms in total. The molecule has 2 aromatic rings. The number of hydrogen-bond acceptors (Lipinski definition) is 4. The van der Waals surface area contributed by atoms with Gasteiger partial charge in [0.1, 0.15) is 5.82 Å². The third-order valence-corrected chi connectivity index (χ3v) is 2.63. The Kier molecular flexibility index (Phi) is 3.74. The molecular weight excluding hydrogens is 230 g/mol. The minimum absolute atomic E-state index is 0.0453. The van der Waals surface area contributed by atoms with E-state index in [-0.39, 0.29) is 5.69 Å². The normalized spacial score (nSPS) is 10.5. The lowest BCUT2D eigenvalue weighted by molar-refractivity contribution is 0.0691. The first-order valence-electron chi connectivity index (χ1n) is 5.79. The molecule has 2 rings (SSSR count). The van der Waals surface area contributed by atoms with Crippen molar-refractivity contribution in [2.45, 2.75) is 6.42 Å². The van der Waals surface area contributed by atoms with Crippen molar-refractivity contribution < 1.29 is 9.90 Å². The van der Waals surface area contributed by atoms with Crippen molar-refractivity contribution in [3.05, 3.63) is 36.0 Å². The van der Waals surface area contributed by atoms with Crippen LogP contribution in [0, 0.1) is 0 Å². The van der Waals surface area contributed by atoms with E-state index in [9.17, 15) is 4.79 Å². The van der Waals surface area contributed by atoms with E-state index in [4.69, 9.17) is 10.8 Å². The molecule has 0 saturated heterocycles. The zero-order chi connectivity index (χ0) is 13.0. The third-order valence-electron chi connectivity index (χ3n) is 2.63. The summed E-state index contributed by atoms with van der Waals surface area (Å²) in [6.07, 6.45) is 0.813. The molecule has 0 unspecified atom stereocenters. The number of nitrogens with one attached hydrogen (secondary N) is 1. The van der Waals surface area contributed by atoms with E-state index in [1.807, 2.05) is 24.3 Å². The Morgan fingerprint density at radius 2 is 2.17 bits per heavy atom. The Labute approximate surface area is 105 Å². The predicted octanol–water partition coefficient (Wildman–Crippen LogP) is 1.69. The van der Waals surface area contributed by atoms with Gasteiger partial charge in [-0.2, -0.15) is 0 Å². The van der Waals surface area contributed by atoms with Gasteiger partial charge < -0.3 is 16.2 Å². The Morgan fingerprint density at radius 1 is 1.39 bits per heavy atom. The van der Waals surface area contributed by atoms with E-state index in [1.54, 1.807) is 6.07 Å². The number of hydrogen-bond donors (Lipinski definition) is 3. The van der Waals surface area contributed by atoms with Crippen molar-refractivity contribution in [2.75, 3.05) is 18.4 Å². The monoisotopic (exact) mass is 245 g/mol. The number of nitrogens with zero attached hydrogens (tertiary/aromatic N) is 1. The number of carboxylic acids is 1. The summed E-state index contributed by atoms with van der Waals surface area (Å²) in [7, 11) is 0. The maximum absolute atomic E-state index is 11.0. The minimum Gasteiger partial charge on any atom is -0.477 e. The van der Waals surface area contributed by atoms with Gasteiger partial charge in [-0.25, -0.2) is 9.78 Å².